The molecule has 1 fully saturated rings. The van der Waals surface area contributed by atoms with Crippen LogP contribution in [0.4, 0.5) is 0 Å². The topological polar surface area (TPSA) is 24.9 Å². The number of benzene rings is 2. The van der Waals surface area contributed by atoms with E-state index < -0.39 is 0 Å². The first-order valence-electron chi connectivity index (χ1n) is 9.16. The minimum Gasteiger partial charge on any atom is -0.493 e. The lowest BCUT2D eigenvalue weighted by atomic mass is 10.1. The van der Waals surface area contributed by atoms with Gasteiger partial charge in [0.2, 0.25) is 0 Å². The summed E-state index contributed by atoms with van der Waals surface area (Å²) in [6, 6.07) is 16.6. The van der Waals surface area contributed by atoms with Gasteiger partial charge in [-0.2, -0.15) is 0 Å². The SMILES string of the molecule is COc1cccc(CN2CCN(C/C=C/c3ccccc3)CC2)c1OC. The van der Waals surface area contributed by atoms with Crippen LogP contribution in [0.2, 0.25) is 0 Å². The van der Waals surface area contributed by atoms with Gasteiger partial charge < -0.3 is 9.47 Å². The first-order chi connectivity index (χ1) is 12.8. The molecule has 138 valence electrons. The van der Waals surface area contributed by atoms with Gasteiger partial charge in [0.25, 0.3) is 0 Å². The van der Waals surface area contributed by atoms with E-state index in [9.17, 15) is 0 Å². The molecule has 3 rings (SSSR count). The Morgan fingerprint density at radius 3 is 2.27 bits per heavy atom. The molecule has 4 nitrogen and oxygen atoms in total. The van der Waals surface area contributed by atoms with Gasteiger partial charge in [0, 0.05) is 44.8 Å². The molecule has 0 amide bonds. The molecule has 0 N–H and O–H groups in total. The maximum atomic E-state index is 5.55. The Bertz CT molecular complexity index is 707. The van der Waals surface area contributed by atoms with Crippen LogP contribution in [0.25, 0.3) is 6.08 Å². The number of rotatable bonds is 7. The smallest absolute Gasteiger partial charge is 0.165 e. The number of hydrogen-bond donors (Lipinski definition) is 0. The molecule has 0 aromatic heterocycles. The molecular weight excluding hydrogens is 324 g/mol. The van der Waals surface area contributed by atoms with Crippen LogP contribution in [0, 0.1) is 0 Å². The van der Waals surface area contributed by atoms with Crippen molar-refractivity contribution in [1.82, 2.24) is 9.80 Å². The van der Waals surface area contributed by atoms with Crippen LogP contribution < -0.4 is 9.47 Å². The Kier molecular flexibility index (Phi) is 6.69. The summed E-state index contributed by atoms with van der Waals surface area (Å²) in [4.78, 5) is 4.98. The molecule has 0 spiro atoms. The maximum Gasteiger partial charge on any atom is 0.165 e. The van der Waals surface area contributed by atoms with E-state index in [-0.39, 0.29) is 0 Å². The van der Waals surface area contributed by atoms with E-state index >= 15 is 0 Å². The Morgan fingerprint density at radius 2 is 1.58 bits per heavy atom. The molecule has 0 unspecified atom stereocenters. The van der Waals surface area contributed by atoms with Crippen molar-refractivity contribution in [3.8, 4) is 11.5 Å². The molecule has 4 heteroatoms. The molecule has 2 aromatic rings. The molecule has 0 atom stereocenters. The van der Waals surface area contributed by atoms with Crippen molar-refractivity contribution in [2.24, 2.45) is 0 Å². The van der Waals surface area contributed by atoms with E-state index in [0.717, 1.165) is 50.8 Å². The van der Waals surface area contributed by atoms with Crippen molar-refractivity contribution in [1.29, 1.82) is 0 Å². The highest BCUT2D eigenvalue weighted by atomic mass is 16.5. The second-order valence-corrected chi connectivity index (χ2v) is 6.54. The minimum atomic E-state index is 0.801. The van der Waals surface area contributed by atoms with Crippen LogP contribution in [0.15, 0.2) is 54.6 Å². The Morgan fingerprint density at radius 1 is 0.846 bits per heavy atom. The third-order valence-electron chi connectivity index (χ3n) is 4.82. The average molecular weight is 352 g/mol. The molecule has 1 aliphatic heterocycles. The van der Waals surface area contributed by atoms with Crippen molar-refractivity contribution in [3.63, 3.8) is 0 Å². The Balaban J connectivity index is 1.49. The maximum absolute atomic E-state index is 5.55. The second kappa shape index (κ2) is 9.41. The third kappa shape index (κ3) is 4.87. The van der Waals surface area contributed by atoms with Gasteiger partial charge in [0.15, 0.2) is 11.5 Å². The van der Waals surface area contributed by atoms with Crippen molar-refractivity contribution in [3.05, 3.63) is 65.7 Å². The van der Waals surface area contributed by atoms with Crippen molar-refractivity contribution in [2.45, 2.75) is 6.54 Å². The summed E-state index contributed by atoms with van der Waals surface area (Å²) >= 11 is 0. The predicted octanol–water partition coefficient (Wildman–Crippen LogP) is 3.53. The molecule has 0 saturated carbocycles. The number of nitrogens with zero attached hydrogens (tertiary/aromatic N) is 2. The van der Waals surface area contributed by atoms with Crippen LogP contribution >= 0.6 is 0 Å². The summed E-state index contributed by atoms with van der Waals surface area (Å²) < 4.78 is 11.0. The molecule has 1 aliphatic rings. The fourth-order valence-corrected chi connectivity index (χ4v) is 3.35. The number of para-hydroxylation sites is 1. The van der Waals surface area contributed by atoms with Gasteiger partial charge in [-0.25, -0.2) is 0 Å². The highest BCUT2D eigenvalue weighted by Crippen LogP contribution is 2.31. The molecular formula is C22H28N2O2. The van der Waals surface area contributed by atoms with Gasteiger partial charge in [-0.3, -0.25) is 9.80 Å². The van der Waals surface area contributed by atoms with Gasteiger partial charge in [0.05, 0.1) is 14.2 Å². The summed E-state index contributed by atoms with van der Waals surface area (Å²) in [5.41, 5.74) is 2.44. The van der Waals surface area contributed by atoms with Gasteiger partial charge in [-0.15, -0.1) is 0 Å². The lowest BCUT2D eigenvalue weighted by Crippen LogP contribution is -2.45. The monoisotopic (exact) mass is 352 g/mol. The fraction of sp³-hybridized carbons (Fsp3) is 0.364. The summed E-state index contributed by atoms with van der Waals surface area (Å²) in [7, 11) is 3.39. The summed E-state index contributed by atoms with van der Waals surface area (Å²) in [5, 5.41) is 0. The Hall–Kier alpha value is -2.30. The molecule has 0 radical (unpaired) electrons. The van der Waals surface area contributed by atoms with E-state index in [1.54, 1.807) is 14.2 Å². The van der Waals surface area contributed by atoms with Gasteiger partial charge in [-0.05, 0) is 11.6 Å². The van der Waals surface area contributed by atoms with E-state index in [2.05, 4.69) is 52.3 Å². The van der Waals surface area contributed by atoms with Crippen LogP contribution in [0.3, 0.4) is 0 Å². The highest BCUT2D eigenvalue weighted by molar-refractivity contribution is 5.49. The largest absolute Gasteiger partial charge is 0.493 e. The summed E-state index contributed by atoms with van der Waals surface area (Å²) in [6.45, 7) is 6.22. The van der Waals surface area contributed by atoms with E-state index in [0.29, 0.717) is 0 Å². The Labute approximate surface area is 156 Å². The number of piperazine rings is 1. The number of ether oxygens (including phenoxy) is 2. The molecule has 2 aromatic carbocycles. The molecule has 1 saturated heterocycles. The molecule has 0 bridgehead atoms. The lowest BCUT2D eigenvalue weighted by molar-refractivity contribution is 0.136. The highest BCUT2D eigenvalue weighted by Gasteiger charge is 2.18. The van der Waals surface area contributed by atoms with Crippen molar-refractivity contribution < 1.29 is 9.47 Å². The number of methoxy groups -OCH3 is 2. The summed E-state index contributed by atoms with van der Waals surface area (Å²) in [5.74, 6) is 1.65. The predicted molar refractivity (Wildman–Crippen MR) is 107 cm³/mol. The first-order valence-corrected chi connectivity index (χ1v) is 9.16. The van der Waals surface area contributed by atoms with Gasteiger partial charge in [0.1, 0.15) is 0 Å². The van der Waals surface area contributed by atoms with Crippen molar-refractivity contribution in [2.75, 3.05) is 46.9 Å². The quantitative estimate of drug-likeness (QED) is 0.761. The molecule has 1 heterocycles. The van der Waals surface area contributed by atoms with Crippen LogP contribution in [-0.4, -0.2) is 56.7 Å². The van der Waals surface area contributed by atoms with Crippen molar-refractivity contribution >= 4 is 6.08 Å². The summed E-state index contributed by atoms with van der Waals surface area (Å²) in [6.07, 6.45) is 4.46. The average Bonchev–Trinajstić information content (AvgIpc) is 2.70. The molecule has 26 heavy (non-hydrogen) atoms. The first kappa shape index (κ1) is 18.5. The number of hydrogen-bond acceptors (Lipinski definition) is 4. The van der Waals surface area contributed by atoms with E-state index in [1.807, 2.05) is 18.2 Å². The fourth-order valence-electron chi connectivity index (χ4n) is 3.35. The molecule has 0 aliphatic carbocycles. The minimum absolute atomic E-state index is 0.801. The van der Waals surface area contributed by atoms with Crippen LogP contribution in [0.1, 0.15) is 11.1 Å². The van der Waals surface area contributed by atoms with Crippen LogP contribution in [0.5, 0.6) is 11.5 Å². The van der Waals surface area contributed by atoms with Gasteiger partial charge in [-0.1, -0.05) is 54.6 Å². The second-order valence-electron chi connectivity index (χ2n) is 6.54. The van der Waals surface area contributed by atoms with Crippen LogP contribution in [-0.2, 0) is 6.54 Å². The van der Waals surface area contributed by atoms with E-state index in [4.69, 9.17) is 9.47 Å². The zero-order valence-electron chi connectivity index (χ0n) is 15.7. The zero-order valence-corrected chi connectivity index (χ0v) is 15.7. The van der Waals surface area contributed by atoms with Gasteiger partial charge >= 0.3 is 0 Å². The normalized spacial score (nSPS) is 16.1. The zero-order chi connectivity index (χ0) is 18.2. The lowest BCUT2D eigenvalue weighted by Gasteiger charge is -2.34. The standard InChI is InChI=1S/C22H28N2O2/c1-25-21-12-6-11-20(22(21)26-2)18-24-16-14-23(15-17-24)13-7-10-19-8-4-3-5-9-19/h3-12H,13-18H2,1-2H3/b10-7+. The third-order valence-corrected chi connectivity index (χ3v) is 4.82. The van der Waals surface area contributed by atoms with E-state index in [1.165, 1.54) is 11.1 Å².